The SMILES string of the molecule is COc1c(N2CCN(C(=O)OCOC(=O)c3cn(C4CC4)c4c(OC)c(N5CC6CCCNC6C5)c(F)cc4c3=O)C(C)C2)c(F)cc2c(=O)c(C(=O)O)cn(C3CC3)c12. The smallest absolute Gasteiger partial charge is 0.413 e. The van der Waals surface area contributed by atoms with Crippen LogP contribution in [0.5, 0.6) is 11.5 Å². The largest absolute Gasteiger partial charge is 0.492 e. The second-order valence-electron chi connectivity index (χ2n) is 16.4. The maximum Gasteiger partial charge on any atom is 0.413 e. The Kier molecular flexibility index (Phi) is 10.1. The molecule has 60 heavy (non-hydrogen) atoms. The van der Waals surface area contributed by atoms with E-state index in [2.05, 4.69) is 5.32 Å². The summed E-state index contributed by atoms with van der Waals surface area (Å²) < 4.78 is 57.6. The summed E-state index contributed by atoms with van der Waals surface area (Å²) in [7, 11) is 2.80. The van der Waals surface area contributed by atoms with Crippen molar-refractivity contribution >= 4 is 51.2 Å². The first-order valence-corrected chi connectivity index (χ1v) is 20.4. The van der Waals surface area contributed by atoms with Gasteiger partial charge >= 0.3 is 18.0 Å². The molecule has 3 saturated heterocycles. The van der Waals surface area contributed by atoms with Gasteiger partial charge in [-0.3, -0.25) is 9.59 Å². The number of carboxylic acids is 1. The lowest BCUT2D eigenvalue weighted by atomic mass is 9.94. The summed E-state index contributed by atoms with van der Waals surface area (Å²) in [6.45, 7) is 3.43. The van der Waals surface area contributed by atoms with Crippen molar-refractivity contribution in [2.45, 2.75) is 69.6 Å². The summed E-state index contributed by atoms with van der Waals surface area (Å²) >= 11 is 0. The Bertz CT molecular complexity index is 2560. The molecule has 2 aromatic carbocycles. The molecule has 3 atom stereocenters. The van der Waals surface area contributed by atoms with Crippen LogP contribution in [0.2, 0.25) is 0 Å². The van der Waals surface area contributed by atoms with E-state index in [1.165, 1.54) is 37.6 Å². The maximum atomic E-state index is 16.1. The van der Waals surface area contributed by atoms with E-state index in [4.69, 9.17) is 18.9 Å². The number of piperazine rings is 1. The number of piperidine rings is 1. The summed E-state index contributed by atoms with van der Waals surface area (Å²) in [5.74, 6) is -3.16. The molecule has 16 nitrogen and oxygen atoms in total. The first-order valence-electron chi connectivity index (χ1n) is 20.4. The highest BCUT2D eigenvalue weighted by atomic mass is 19.1. The van der Waals surface area contributed by atoms with Gasteiger partial charge in [0.2, 0.25) is 17.7 Å². The first-order chi connectivity index (χ1) is 28.9. The number of halogens is 2. The van der Waals surface area contributed by atoms with Crippen LogP contribution in [0.15, 0.2) is 34.1 Å². The molecule has 0 radical (unpaired) electrons. The Morgan fingerprint density at radius 2 is 1.37 bits per heavy atom. The number of hydrogen-bond acceptors (Lipinski definition) is 12. The van der Waals surface area contributed by atoms with Gasteiger partial charge in [0.05, 0.1) is 36.0 Å². The number of anilines is 2. The molecule has 3 unspecified atom stereocenters. The van der Waals surface area contributed by atoms with E-state index in [0.717, 1.165) is 51.1 Å². The third-order valence-electron chi connectivity index (χ3n) is 12.6. The maximum absolute atomic E-state index is 16.1. The average molecular weight is 833 g/mol. The van der Waals surface area contributed by atoms with Gasteiger partial charge in [-0.15, -0.1) is 0 Å². The zero-order chi connectivity index (χ0) is 42.1. The van der Waals surface area contributed by atoms with Crippen LogP contribution in [-0.4, -0.2) is 110 Å². The zero-order valence-corrected chi connectivity index (χ0v) is 33.5. The van der Waals surface area contributed by atoms with Crippen molar-refractivity contribution in [2.24, 2.45) is 5.92 Å². The van der Waals surface area contributed by atoms with Crippen molar-refractivity contribution in [1.82, 2.24) is 19.4 Å². The standard InChI is InChI=1S/C42H46F2N6O10/c1-21-15-46(34-29(43)13-25-32(38(34)57-2)49(23-6-7-23)17-27(36(25)51)40(53)54)11-12-48(21)42(56)60-20-59-41(55)28-18-50(24-8-9-24)33-26(37(28)52)14-30(44)35(39(33)58-3)47-16-22-5-4-10-45-31(22)19-47/h13-14,17-18,21-24,31,45H,4-12,15-16,19-20H2,1-3H3,(H,53,54). The van der Waals surface area contributed by atoms with Crippen molar-refractivity contribution < 1.29 is 47.2 Å². The van der Waals surface area contributed by atoms with Crippen LogP contribution in [0.25, 0.3) is 21.8 Å². The van der Waals surface area contributed by atoms with Crippen LogP contribution >= 0.6 is 0 Å². The molecule has 1 amide bonds. The highest BCUT2D eigenvalue weighted by molar-refractivity contribution is 5.99. The number of amides is 1. The van der Waals surface area contributed by atoms with Crippen molar-refractivity contribution in [2.75, 3.05) is 70.1 Å². The molecule has 2 N–H and O–H groups in total. The fourth-order valence-electron chi connectivity index (χ4n) is 9.40. The minimum Gasteiger partial charge on any atom is -0.492 e. The van der Waals surface area contributed by atoms with Gasteiger partial charge in [0, 0.05) is 69.3 Å². The first kappa shape index (κ1) is 39.5. The molecule has 2 aromatic heterocycles. The number of carboxylic acid groups (broad SMARTS) is 1. The van der Waals surface area contributed by atoms with E-state index in [9.17, 15) is 29.1 Å². The van der Waals surface area contributed by atoms with Gasteiger partial charge in [0.25, 0.3) is 0 Å². The number of fused-ring (bicyclic) bond motifs is 3. The molecule has 318 valence electrons. The Labute approximate surface area is 342 Å². The number of pyridine rings is 2. The number of benzene rings is 2. The van der Waals surface area contributed by atoms with Gasteiger partial charge in [-0.1, -0.05) is 0 Å². The third kappa shape index (κ3) is 6.73. The van der Waals surface area contributed by atoms with Gasteiger partial charge < -0.3 is 53.2 Å². The number of nitrogens with zero attached hydrogens (tertiary/aromatic N) is 5. The van der Waals surface area contributed by atoms with E-state index in [-0.39, 0.29) is 71.3 Å². The average Bonchev–Trinajstić information content (AvgIpc) is 4.18. The second-order valence-corrected chi connectivity index (χ2v) is 16.4. The predicted octanol–water partition coefficient (Wildman–Crippen LogP) is 4.63. The molecule has 0 spiro atoms. The second kappa shape index (κ2) is 15.3. The van der Waals surface area contributed by atoms with Gasteiger partial charge in [0.1, 0.15) is 22.5 Å². The number of esters is 1. The number of carbonyl (C=O) groups excluding carboxylic acids is 2. The zero-order valence-electron chi connectivity index (χ0n) is 33.5. The number of ether oxygens (including phenoxy) is 4. The normalized spacial score (nSPS) is 21.6. The highest BCUT2D eigenvalue weighted by Crippen LogP contribution is 2.46. The molecule has 9 rings (SSSR count). The molecule has 5 heterocycles. The monoisotopic (exact) mass is 832 g/mol. The Balaban J connectivity index is 0.902. The molecule has 0 bridgehead atoms. The van der Waals surface area contributed by atoms with Gasteiger partial charge in [-0.05, 0) is 70.0 Å². The lowest BCUT2D eigenvalue weighted by Gasteiger charge is -2.40. The predicted molar refractivity (Wildman–Crippen MR) is 215 cm³/mol. The minimum atomic E-state index is -1.41. The fourth-order valence-corrected chi connectivity index (χ4v) is 9.40. The number of aromatic carboxylic acids is 1. The lowest BCUT2D eigenvalue weighted by Crippen LogP contribution is -2.54. The summed E-state index contributed by atoms with van der Waals surface area (Å²) in [6.07, 6.45) is 7.09. The van der Waals surface area contributed by atoms with Crippen LogP contribution in [0.3, 0.4) is 0 Å². The Hall–Kier alpha value is -5.91. The number of nitrogens with one attached hydrogen (secondary N) is 1. The van der Waals surface area contributed by atoms with E-state index < -0.39 is 58.9 Å². The summed E-state index contributed by atoms with van der Waals surface area (Å²) in [4.78, 5) is 70.6. The van der Waals surface area contributed by atoms with E-state index in [1.807, 2.05) is 4.90 Å². The highest BCUT2D eigenvalue weighted by Gasteiger charge is 2.39. The van der Waals surface area contributed by atoms with Crippen molar-refractivity contribution in [1.29, 1.82) is 0 Å². The van der Waals surface area contributed by atoms with Crippen LogP contribution < -0.4 is 35.4 Å². The van der Waals surface area contributed by atoms with Gasteiger partial charge in [-0.2, -0.15) is 0 Å². The molecule has 4 aromatic rings. The molecule has 5 aliphatic rings. The quantitative estimate of drug-likeness (QED) is 0.168. The number of carbonyl (C=O) groups is 3. The van der Waals surface area contributed by atoms with Crippen molar-refractivity contribution in [3.8, 4) is 11.5 Å². The molecule has 2 aliphatic carbocycles. The van der Waals surface area contributed by atoms with E-state index >= 15 is 8.78 Å². The van der Waals surface area contributed by atoms with Crippen LogP contribution in [-0.2, 0) is 9.47 Å². The van der Waals surface area contributed by atoms with Gasteiger partial charge in [-0.25, -0.2) is 23.2 Å². The fraction of sp³-hybridized carbons (Fsp3) is 0.500. The molecular formula is C42H46F2N6O10. The summed E-state index contributed by atoms with van der Waals surface area (Å²) in [5.41, 5.74) is -1.28. The number of hydrogen-bond donors (Lipinski definition) is 2. The van der Waals surface area contributed by atoms with E-state index in [0.29, 0.717) is 35.7 Å². The Morgan fingerprint density at radius 3 is 1.92 bits per heavy atom. The topological polar surface area (TPSA) is 174 Å². The number of aromatic nitrogens is 2. The lowest BCUT2D eigenvalue weighted by molar-refractivity contribution is -0.0157. The van der Waals surface area contributed by atoms with Gasteiger partial charge in [0.15, 0.2) is 23.1 Å². The molecule has 3 aliphatic heterocycles. The minimum absolute atomic E-state index is 0.0202. The van der Waals surface area contributed by atoms with E-state index in [1.54, 1.807) is 21.0 Å². The molecular weight excluding hydrogens is 786 g/mol. The molecule has 18 heteroatoms. The van der Waals surface area contributed by atoms with Crippen LogP contribution in [0.1, 0.15) is 78.2 Å². The van der Waals surface area contributed by atoms with Crippen molar-refractivity contribution in [3.63, 3.8) is 0 Å². The molecule has 2 saturated carbocycles. The number of methoxy groups -OCH3 is 2. The van der Waals surface area contributed by atoms with Crippen molar-refractivity contribution in [3.05, 3.63) is 67.7 Å². The van der Waals surface area contributed by atoms with Crippen LogP contribution in [0.4, 0.5) is 25.0 Å². The molecule has 5 fully saturated rings. The van der Waals surface area contributed by atoms with Crippen LogP contribution in [0, 0.1) is 17.6 Å². The Morgan fingerprint density at radius 1 is 0.783 bits per heavy atom. The summed E-state index contributed by atoms with van der Waals surface area (Å²) in [6, 6.07) is 1.80. The summed E-state index contributed by atoms with van der Waals surface area (Å²) in [5, 5.41) is 13.1. The third-order valence-corrected chi connectivity index (χ3v) is 12.6. The number of rotatable bonds is 10.